The van der Waals surface area contributed by atoms with E-state index in [-0.39, 0.29) is 18.4 Å². The molecule has 43 heavy (non-hydrogen) atoms. The molecule has 0 bridgehead atoms. The van der Waals surface area contributed by atoms with Crippen molar-refractivity contribution in [2.75, 3.05) is 13.2 Å². The molecule has 0 aliphatic carbocycles. The number of hydrogen-bond donors (Lipinski definition) is 3. The van der Waals surface area contributed by atoms with Crippen molar-refractivity contribution in [3.63, 3.8) is 0 Å². The molecule has 4 aromatic carbocycles. The number of aliphatic carboxylic acids is 1. The zero-order chi connectivity index (χ0) is 30.5. The number of nitrogens with one attached hydrogen (secondary N) is 1. The quantitative estimate of drug-likeness (QED) is 0.143. The Hall–Kier alpha value is -4.43. The average Bonchev–Trinajstić information content (AvgIpc) is 3.04. The van der Waals surface area contributed by atoms with Crippen molar-refractivity contribution in [1.82, 2.24) is 10.2 Å². The molecule has 2 amide bonds. The Kier molecular flexibility index (Phi) is 8.97. The van der Waals surface area contributed by atoms with Crippen LogP contribution in [0.15, 0.2) is 121 Å². The van der Waals surface area contributed by atoms with Crippen molar-refractivity contribution in [3.8, 4) is 0 Å². The van der Waals surface area contributed by atoms with Crippen LogP contribution in [-0.4, -0.2) is 61.5 Å². The fourth-order valence-corrected chi connectivity index (χ4v) is 10.6. The summed E-state index contributed by atoms with van der Waals surface area (Å²) < 4.78 is 0. The van der Waals surface area contributed by atoms with Gasteiger partial charge in [0.1, 0.15) is 12.0 Å². The van der Waals surface area contributed by atoms with E-state index in [0.29, 0.717) is 17.3 Å². The van der Waals surface area contributed by atoms with E-state index in [0.717, 1.165) is 15.9 Å². The SMILES string of the molecule is O=C(Cc1ccccc1)N[C@]1(SC(=O)CO)CN(C(C(=O)O)=P(c2ccccc2)(c2ccccc2)c2ccccc2)C1=O. The molecule has 0 unspecified atom stereocenters. The van der Waals surface area contributed by atoms with Crippen LogP contribution in [0.4, 0.5) is 0 Å². The Morgan fingerprint density at radius 2 is 1.21 bits per heavy atom. The summed E-state index contributed by atoms with van der Waals surface area (Å²) in [5.74, 6) is -2.55. The van der Waals surface area contributed by atoms with Gasteiger partial charge < -0.3 is 15.5 Å². The van der Waals surface area contributed by atoms with E-state index in [1.54, 1.807) is 24.3 Å². The third-order valence-corrected chi connectivity index (χ3v) is 12.5. The molecule has 0 radical (unpaired) electrons. The van der Waals surface area contributed by atoms with Crippen LogP contribution in [0.1, 0.15) is 5.56 Å². The van der Waals surface area contributed by atoms with Gasteiger partial charge in [0.25, 0.3) is 5.91 Å². The van der Waals surface area contributed by atoms with Crippen LogP contribution in [0.2, 0.25) is 0 Å². The second-order valence-electron chi connectivity index (χ2n) is 9.87. The van der Waals surface area contributed by atoms with Gasteiger partial charge in [-0.2, -0.15) is 0 Å². The lowest BCUT2D eigenvalue weighted by molar-refractivity contribution is -0.145. The highest BCUT2D eigenvalue weighted by Gasteiger charge is 2.59. The maximum atomic E-state index is 14.2. The summed E-state index contributed by atoms with van der Waals surface area (Å²) >= 11 is 0.506. The van der Waals surface area contributed by atoms with Gasteiger partial charge in [0.2, 0.25) is 11.0 Å². The van der Waals surface area contributed by atoms with Crippen molar-refractivity contribution in [3.05, 3.63) is 127 Å². The van der Waals surface area contributed by atoms with Crippen LogP contribution >= 0.6 is 18.6 Å². The van der Waals surface area contributed by atoms with Gasteiger partial charge in [0.05, 0.1) is 13.0 Å². The summed E-state index contributed by atoms with van der Waals surface area (Å²) in [4.78, 5) is 52.6. The van der Waals surface area contributed by atoms with Gasteiger partial charge in [-0.1, -0.05) is 121 Å². The third-order valence-electron chi connectivity index (χ3n) is 7.13. The normalized spacial score (nSPS) is 16.2. The number of aliphatic hydroxyl groups excluding tert-OH is 1. The van der Waals surface area contributed by atoms with Crippen LogP contribution in [0.5, 0.6) is 0 Å². The van der Waals surface area contributed by atoms with Crippen molar-refractivity contribution in [1.29, 1.82) is 0 Å². The number of carbonyl (C=O) groups excluding carboxylic acids is 3. The number of aliphatic hydroxyl groups is 1. The highest BCUT2D eigenvalue weighted by molar-refractivity contribution is 8.15. The predicted octanol–water partition coefficient (Wildman–Crippen LogP) is 2.34. The molecule has 1 saturated heterocycles. The largest absolute Gasteiger partial charge is 0.477 e. The maximum Gasteiger partial charge on any atom is 0.353 e. The standard InChI is InChI=1S/C33H29N2O6PS/c36-22-29(38)43-33(34-28(37)21-24-13-5-1-6-14-24)23-35(32(33)41)30(31(39)40)42(25-15-7-2-8-16-25,26-17-9-3-10-18-26)27-19-11-4-12-20-27/h1-20,36H,21-23H2,(H,34,37)(H,39,40)/t33-/m0/s1. The predicted molar refractivity (Wildman–Crippen MR) is 170 cm³/mol. The Morgan fingerprint density at radius 3 is 1.60 bits per heavy atom. The van der Waals surface area contributed by atoms with Gasteiger partial charge in [-0.05, 0) is 33.2 Å². The first-order valence-corrected chi connectivity index (χ1v) is 16.1. The Morgan fingerprint density at radius 1 is 0.767 bits per heavy atom. The Bertz CT molecular complexity index is 1600. The molecule has 0 spiro atoms. The van der Waals surface area contributed by atoms with E-state index in [1.165, 1.54) is 4.90 Å². The van der Waals surface area contributed by atoms with Gasteiger partial charge in [0, 0.05) is 6.89 Å². The molecule has 1 heterocycles. The van der Waals surface area contributed by atoms with Gasteiger partial charge in [0.15, 0.2) is 4.87 Å². The summed E-state index contributed by atoms with van der Waals surface area (Å²) in [5.41, 5.74) is 0.573. The molecule has 1 aliphatic rings. The van der Waals surface area contributed by atoms with E-state index >= 15 is 0 Å². The topological polar surface area (TPSA) is 124 Å². The second-order valence-corrected chi connectivity index (χ2v) is 14.5. The number of likely N-dealkylation sites (tertiary alicyclic amines) is 1. The molecule has 1 atom stereocenters. The van der Waals surface area contributed by atoms with Crippen molar-refractivity contribution in [2.45, 2.75) is 11.3 Å². The van der Waals surface area contributed by atoms with Gasteiger partial charge in [-0.3, -0.25) is 19.3 Å². The number of carboxylic acid groups (broad SMARTS) is 1. The molecule has 5 rings (SSSR count). The van der Waals surface area contributed by atoms with E-state index in [9.17, 15) is 29.4 Å². The molecular weight excluding hydrogens is 583 g/mol. The molecule has 0 aromatic heterocycles. The summed E-state index contributed by atoms with van der Waals surface area (Å²) in [7, 11) is 0. The number of rotatable bonds is 10. The summed E-state index contributed by atoms with van der Waals surface area (Å²) in [6.07, 6.45) is -0.0474. The Labute approximate surface area is 253 Å². The molecule has 10 heteroatoms. The molecule has 8 nitrogen and oxygen atoms in total. The number of carboxylic acids is 1. The number of thioether (sulfide) groups is 1. The Balaban J connectivity index is 1.70. The van der Waals surface area contributed by atoms with Gasteiger partial charge in [-0.15, -0.1) is 0 Å². The van der Waals surface area contributed by atoms with Crippen molar-refractivity contribution in [2.24, 2.45) is 0 Å². The molecule has 0 saturated carbocycles. The number of benzene rings is 4. The number of β-lactam (4-membered cyclic amide) rings is 1. The number of carbonyl (C=O) groups is 4. The van der Waals surface area contributed by atoms with E-state index in [2.05, 4.69) is 5.32 Å². The fraction of sp³-hybridized carbons (Fsp3) is 0.121. The summed E-state index contributed by atoms with van der Waals surface area (Å²) in [6.45, 7) is -4.33. The van der Waals surface area contributed by atoms with Crippen LogP contribution in [0, 0.1) is 0 Å². The first kappa shape index (κ1) is 30.0. The number of nitrogens with zero attached hydrogens (tertiary/aromatic N) is 1. The van der Waals surface area contributed by atoms with E-state index in [4.69, 9.17) is 0 Å². The van der Waals surface area contributed by atoms with Gasteiger partial charge >= 0.3 is 5.97 Å². The van der Waals surface area contributed by atoms with E-state index in [1.807, 2.05) is 97.1 Å². The second kappa shape index (κ2) is 12.8. The lowest BCUT2D eigenvalue weighted by Gasteiger charge is -2.49. The zero-order valence-corrected chi connectivity index (χ0v) is 24.7. The van der Waals surface area contributed by atoms with Crippen LogP contribution in [0.3, 0.4) is 0 Å². The van der Waals surface area contributed by atoms with Crippen molar-refractivity contribution < 1.29 is 29.4 Å². The van der Waals surface area contributed by atoms with Crippen LogP contribution in [-0.2, 0) is 25.6 Å². The first-order chi connectivity index (χ1) is 20.8. The van der Waals surface area contributed by atoms with Crippen LogP contribution < -0.4 is 21.2 Å². The van der Waals surface area contributed by atoms with Crippen LogP contribution in [0.25, 0.3) is 0 Å². The van der Waals surface area contributed by atoms with E-state index < -0.39 is 41.3 Å². The maximum absolute atomic E-state index is 14.2. The third kappa shape index (κ3) is 5.79. The molecule has 218 valence electrons. The van der Waals surface area contributed by atoms with Gasteiger partial charge in [-0.25, -0.2) is 4.79 Å². The average molecular weight is 613 g/mol. The fourth-order valence-electron chi connectivity index (χ4n) is 5.34. The molecule has 4 aromatic rings. The highest BCUT2D eigenvalue weighted by atomic mass is 32.2. The number of hydrogen-bond acceptors (Lipinski definition) is 6. The molecule has 3 N–H and O–H groups in total. The number of amides is 2. The minimum absolute atomic E-state index is 0.0474. The molecular formula is C33H29N2O6PS. The first-order valence-electron chi connectivity index (χ1n) is 13.5. The monoisotopic (exact) mass is 612 g/mol. The summed E-state index contributed by atoms with van der Waals surface area (Å²) in [6, 6.07) is 36.6. The molecule has 1 fully saturated rings. The lowest BCUT2D eigenvalue weighted by atomic mass is 10.1. The summed E-state index contributed by atoms with van der Waals surface area (Å²) in [5, 5.41) is 24.6. The van der Waals surface area contributed by atoms with Crippen molar-refractivity contribution >= 4 is 62.9 Å². The zero-order valence-electron chi connectivity index (χ0n) is 23.0. The minimum atomic E-state index is -3.20. The molecule has 1 aliphatic heterocycles. The lowest BCUT2D eigenvalue weighted by Crippen LogP contribution is -2.75. The smallest absolute Gasteiger partial charge is 0.353 e. The highest BCUT2D eigenvalue weighted by Crippen LogP contribution is 2.49. The minimum Gasteiger partial charge on any atom is -0.477 e.